The third-order valence-electron chi connectivity index (χ3n) is 1.16. The maximum Gasteiger partial charge on any atom is 0.302 e. The Morgan fingerprint density at radius 1 is 1.62 bits per heavy atom. The average Bonchev–Trinajstić information content (AvgIpc) is 2.01. The number of hydrazine groups is 1. The van der Waals surface area contributed by atoms with E-state index in [1.165, 1.54) is 6.92 Å². The SMILES string of the molecule is C=C/C(=C\COC(C)=O)NN(C)C. The molecular weight excluding hydrogens is 168 g/mol. The van der Waals surface area contributed by atoms with Gasteiger partial charge >= 0.3 is 5.97 Å². The summed E-state index contributed by atoms with van der Waals surface area (Å²) in [6.07, 6.45) is 3.40. The summed E-state index contributed by atoms with van der Waals surface area (Å²) in [7, 11) is 3.73. The zero-order valence-electron chi connectivity index (χ0n) is 8.33. The molecule has 0 aliphatic carbocycles. The molecule has 0 aromatic carbocycles. The molecule has 0 fully saturated rings. The van der Waals surface area contributed by atoms with E-state index >= 15 is 0 Å². The first-order valence-electron chi connectivity index (χ1n) is 3.96. The minimum atomic E-state index is -0.287. The summed E-state index contributed by atoms with van der Waals surface area (Å²) in [6.45, 7) is 5.25. The zero-order valence-corrected chi connectivity index (χ0v) is 8.33. The van der Waals surface area contributed by atoms with Crippen LogP contribution in [0, 0.1) is 0 Å². The molecule has 74 valence electrons. The van der Waals surface area contributed by atoms with Crippen LogP contribution in [0.2, 0.25) is 0 Å². The van der Waals surface area contributed by atoms with Gasteiger partial charge in [0.15, 0.2) is 0 Å². The van der Waals surface area contributed by atoms with E-state index in [1.807, 2.05) is 14.1 Å². The van der Waals surface area contributed by atoms with E-state index in [-0.39, 0.29) is 12.6 Å². The van der Waals surface area contributed by atoms with Crippen LogP contribution in [0.15, 0.2) is 24.4 Å². The van der Waals surface area contributed by atoms with Gasteiger partial charge in [-0.2, -0.15) is 0 Å². The lowest BCUT2D eigenvalue weighted by molar-refractivity contribution is -0.139. The van der Waals surface area contributed by atoms with Crippen molar-refractivity contribution < 1.29 is 9.53 Å². The van der Waals surface area contributed by atoms with Gasteiger partial charge in [0.1, 0.15) is 6.61 Å². The molecule has 13 heavy (non-hydrogen) atoms. The molecule has 0 aliphatic rings. The Kier molecular flexibility index (Phi) is 5.63. The minimum Gasteiger partial charge on any atom is -0.462 e. The van der Waals surface area contributed by atoms with Crippen LogP contribution in [0.25, 0.3) is 0 Å². The number of nitrogens with zero attached hydrogens (tertiary/aromatic N) is 1. The van der Waals surface area contributed by atoms with E-state index in [4.69, 9.17) is 4.74 Å². The molecule has 0 aliphatic heterocycles. The third-order valence-corrected chi connectivity index (χ3v) is 1.16. The summed E-state index contributed by atoms with van der Waals surface area (Å²) >= 11 is 0. The van der Waals surface area contributed by atoms with Crippen LogP contribution in [-0.4, -0.2) is 31.7 Å². The van der Waals surface area contributed by atoms with Gasteiger partial charge in [-0.3, -0.25) is 4.79 Å². The molecule has 0 aromatic rings. The molecule has 0 spiro atoms. The monoisotopic (exact) mass is 184 g/mol. The third kappa shape index (κ3) is 7.08. The highest BCUT2D eigenvalue weighted by Crippen LogP contribution is 1.91. The zero-order chi connectivity index (χ0) is 10.3. The van der Waals surface area contributed by atoms with E-state index in [9.17, 15) is 4.79 Å². The van der Waals surface area contributed by atoms with Crippen molar-refractivity contribution in [2.75, 3.05) is 20.7 Å². The van der Waals surface area contributed by atoms with Gasteiger partial charge in [0.25, 0.3) is 0 Å². The van der Waals surface area contributed by atoms with E-state index in [0.717, 1.165) is 5.70 Å². The summed E-state index contributed by atoms with van der Waals surface area (Å²) in [6, 6.07) is 0. The second-order valence-corrected chi connectivity index (χ2v) is 2.67. The van der Waals surface area contributed by atoms with E-state index in [1.54, 1.807) is 17.2 Å². The molecule has 0 atom stereocenters. The predicted molar refractivity (Wildman–Crippen MR) is 51.7 cm³/mol. The molecule has 4 nitrogen and oxygen atoms in total. The molecular formula is C9H16N2O2. The Hall–Kier alpha value is -1.29. The van der Waals surface area contributed by atoms with Crippen LogP contribution >= 0.6 is 0 Å². The molecule has 0 bridgehead atoms. The van der Waals surface area contributed by atoms with Crippen molar-refractivity contribution in [2.45, 2.75) is 6.92 Å². The van der Waals surface area contributed by atoms with Crippen LogP contribution in [0.4, 0.5) is 0 Å². The summed E-state index contributed by atoms with van der Waals surface area (Å²) in [4.78, 5) is 10.4. The number of allylic oxidation sites excluding steroid dienone is 1. The Morgan fingerprint density at radius 2 is 2.23 bits per heavy atom. The second kappa shape index (κ2) is 6.25. The maximum atomic E-state index is 10.4. The summed E-state index contributed by atoms with van der Waals surface area (Å²) in [5, 5.41) is 1.78. The van der Waals surface area contributed by atoms with Gasteiger partial charge in [-0.15, -0.1) is 0 Å². The van der Waals surface area contributed by atoms with Gasteiger partial charge in [-0.25, -0.2) is 5.01 Å². The second-order valence-electron chi connectivity index (χ2n) is 2.67. The first-order chi connectivity index (χ1) is 6.06. The number of esters is 1. The summed E-state index contributed by atoms with van der Waals surface area (Å²) < 4.78 is 4.73. The smallest absolute Gasteiger partial charge is 0.302 e. The quantitative estimate of drug-likeness (QED) is 0.387. The fourth-order valence-electron chi connectivity index (χ4n) is 0.682. The van der Waals surface area contributed by atoms with E-state index < -0.39 is 0 Å². The predicted octanol–water partition coefficient (Wildman–Crippen LogP) is 0.686. The lowest BCUT2D eigenvalue weighted by Gasteiger charge is -2.13. The van der Waals surface area contributed by atoms with Crippen molar-refractivity contribution in [3.8, 4) is 0 Å². The number of hydrogen-bond acceptors (Lipinski definition) is 4. The van der Waals surface area contributed by atoms with Crippen molar-refractivity contribution in [3.63, 3.8) is 0 Å². The lowest BCUT2D eigenvalue weighted by Crippen LogP contribution is -2.29. The summed E-state index contributed by atoms with van der Waals surface area (Å²) in [5.74, 6) is -0.287. The first-order valence-corrected chi connectivity index (χ1v) is 3.96. The Bertz CT molecular complexity index is 210. The number of hydrogen-bond donors (Lipinski definition) is 1. The molecule has 1 N–H and O–H groups in total. The van der Waals surface area contributed by atoms with Crippen molar-refractivity contribution in [1.29, 1.82) is 0 Å². The summed E-state index contributed by atoms with van der Waals surface area (Å²) in [5.41, 5.74) is 3.80. The number of carbonyl (C=O) groups excluding carboxylic acids is 1. The van der Waals surface area contributed by atoms with Crippen LogP contribution in [0.1, 0.15) is 6.92 Å². The average molecular weight is 184 g/mol. The van der Waals surface area contributed by atoms with Crippen LogP contribution in [0.3, 0.4) is 0 Å². The van der Waals surface area contributed by atoms with Crippen molar-refractivity contribution >= 4 is 5.97 Å². The largest absolute Gasteiger partial charge is 0.462 e. The van der Waals surface area contributed by atoms with E-state index in [2.05, 4.69) is 12.0 Å². The van der Waals surface area contributed by atoms with Gasteiger partial charge in [0, 0.05) is 26.7 Å². The van der Waals surface area contributed by atoms with Crippen molar-refractivity contribution in [2.24, 2.45) is 0 Å². The highest BCUT2D eigenvalue weighted by atomic mass is 16.5. The van der Waals surface area contributed by atoms with Crippen LogP contribution in [-0.2, 0) is 9.53 Å². The van der Waals surface area contributed by atoms with Crippen LogP contribution in [0.5, 0.6) is 0 Å². The Morgan fingerprint density at radius 3 is 2.62 bits per heavy atom. The standard InChI is InChI=1S/C9H16N2O2/c1-5-9(10-11(3)4)6-7-13-8(2)12/h5-6,10H,1,7H2,2-4H3/b9-6+. The van der Waals surface area contributed by atoms with Gasteiger partial charge < -0.3 is 10.2 Å². The fraction of sp³-hybridized carbons (Fsp3) is 0.444. The molecule has 0 aromatic heterocycles. The molecule has 4 heteroatoms. The Labute approximate surface area is 78.8 Å². The number of rotatable bonds is 5. The van der Waals surface area contributed by atoms with Crippen molar-refractivity contribution in [1.82, 2.24) is 10.4 Å². The van der Waals surface area contributed by atoms with Gasteiger partial charge in [0.2, 0.25) is 0 Å². The molecule has 0 rings (SSSR count). The van der Waals surface area contributed by atoms with E-state index in [0.29, 0.717) is 0 Å². The number of nitrogens with one attached hydrogen (secondary N) is 1. The lowest BCUT2D eigenvalue weighted by atomic mass is 10.4. The minimum absolute atomic E-state index is 0.261. The van der Waals surface area contributed by atoms with Crippen LogP contribution < -0.4 is 5.43 Å². The van der Waals surface area contributed by atoms with Gasteiger partial charge in [0.05, 0.1) is 0 Å². The van der Waals surface area contributed by atoms with Crippen molar-refractivity contribution in [3.05, 3.63) is 24.4 Å². The molecule has 0 saturated carbocycles. The highest BCUT2D eigenvalue weighted by molar-refractivity contribution is 5.66. The maximum absolute atomic E-state index is 10.4. The molecule has 0 heterocycles. The normalized spacial score (nSPS) is 11.2. The topological polar surface area (TPSA) is 41.6 Å². The number of ether oxygens (including phenoxy) is 1. The number of carbonyl (C=O) groups is 1. The molecule has 0 amide bonds. The Balaban J connectivity index is 3.92. The highest BCUT2D eigenvalue weighted by Gasteiger charge is 1.93. The first kappa shape index (κ1) is 11.7. The van der Waals surface area contributed by atoms with Gasteiger partial charge in [-0.1, -0.05) is 6.58 Å². The fourth-order valence-corrected chi connectivity index (χ4v) is 0.682. The molecule has 0 unspecified atom stereocenters. The molecule has 0 radical (unpaired) electrons. The van der Waals surface area contributed by atoms with Gasteiger partial charge in [-0.05, 0) is 12.2 Å². The molecule has 0 saturated heterocycles.